The van der Waals surface area contributed by atoms with Gasteiger partial charge >= 0.3 is 0 Å². The molecule has 0 N–H and O–H groups in total. The fourth-order valence-electron chi connectivity index (χ4n) is 2.61. The number of ketones is 1. The van der Waals surface area contributed by atoms with Gasteiger partial charge in [0.1, 0.15) is 11.6 Å². The molecule has 24 heavy (non-hydrogen) atoms. The van der Waals surface area contributed by atoms with Crippen molar-refractivity contribution in [1.82, 2.24) is 9.72 Å². The number of thioether (sulfide) groups is 1. The molecule has 0 amide bonds. The second kappa shape index (κ2) is 6.65. The molecule has 0 aliphatic rings. The highest BCUT2D eigenvalue weighted by Gasteiger charge is 2.18. The maximum absolute atomic E-state index is 12.9. The molecule has 3 rings (SSSR count). The number of halogens is 1. The van der Waals surface area contributed by atoms with Gasteiger partial charge in [0.15, 0.2) is 11.6 Å². The van der Waals surface area contributed by atoms with E-state index in [1.54, 1.807) is 12.1 Å². The van der Waals surface area contributed by atoms with Crippen molar-refractivity contribution in [3.05, 3.63) is 64.9 Å². The van der Waals surface area contributed by atoms with Crippen molar-refractivity contribution in [1.29, 1.82) is 0 Å². The molecular formula is C18H17FN2O2S. The highest BCUT2D eigenvalue weighted by Crippen LogP contribution is 2.24. The highest BCUT2D eigenvalue weighted by atomic mass is 32.2. The van der Waals surface area contributed by atoms with Crippen molar-refractivity contribution >= 4 is 17.5 Å². The monoisotopic (exact) mass is 344 g/mol. The third-order valence-electron chi connectivity index (χ3n) is 3.76. The number of benzene rings is 1. The topological polar surface area (TPSA) is 48.0 Å². The average molecular weight is 344 g/mol. The summed E-state index contributed by atoms with van der Waals surface area (Å²) in [5.41, 5.74) is 2.43. The van der Waals surface area contributed by atoms with E-state index in [1.165, 1.54) is 23.9 Å². The van der Waals surface area contributed by atoms with Gasteiger partial charge in [0.05, 0.1) is 5.75 Å². The number of carbonyl (C=O) groups is 1. The first-order valence-corrected chi connectivity index (χ1v) is 8.48. The summed E-state index contributed by atoms with van der Waals surface area (Å²) in [6.07, 6.45) is 0. The summed E-state index contributed by atoms with van der Waals surface area (Å²) in [6, 6.07) is 9.84. The van der Waals surface area contributed by atoms with Crippen LogP contribution < -0.4 is 0 Å². The van der Waals surface area contributed by atoms with E-state index in [2.05, 4.69) is 5.16 Å². The molecule has 0 saturated carbocycles. The van der Waals surface area contributed by atoms with Crippen LogP contribution in [0.15, 0.2) is 45.8 Å². The number of aryl methyl sites for hydroxylation is 2. The zero-order chi connectivity index (χ0) is 17.3. The fourth-order valence-corrected chi connectivity index (χ4v) is 3.40. The third kappa shape index (κ3) is 3.28. The molecule has 1 aromatic carbocycles. The second-order valence-electron chi connectivity index (χ2n) is 5.58. The summed E-state index contributed by atoms with van der Waals surface area (Å²) in [4.78, 5) is 13.4. The van der Waals surface area contributed by atoms with Gasteiger partial charge < -0.3 is 4.52 Å². The molecule has 0 spiro atoms. The van der Waals surface area contributed by atoms with Gasteiger partial charge in [-0.15, -0.1) is 11.8 Å². The summed E-state index contributed by atoms with van der Waals surface area (Å²) >= 11 is 1.40. The number of aromatic nitrogens is 2. The Kier molecular flexibility index (Phi) is 4.57. The van der Waals surface area contributed by atoms with Crippen molar-refractivity contribution in [2.75, 3.05) is 5.75 Å². The van der Waals surface area contributed by atoms with Gasteiger partial charge in [-0.25, -0.2) is 4.39 Å². The Balaban J connectivity index is 1.79. The van der Waals surface area contributed by atoms with E-state index in [9.17, 15) is 9.18 Å². The average Bonchev–Trinajstić information content (AvgIpc) is 3.09. The number of Topliss-reactive ketones (excluding diaryl/α,β-unsaturated/α-hetero) is 1. The lowest BCUT2D eigenvalue weighted by atomic mass is 10.2. The molecule has 0 unspecified atom stereocenters. The standard InChI is InChI=1S/C18H17FN2O2S/c1-11-8-16(13(3)21(11)18-9-12(2)23-20-18)17(22)10-24-15-6-4-14(19)5-7-15/h4-9H,10H2,1-3H3. The van der Waals surface area contributed by atoms with Crippen LogP contribution in [0.4, 0.5) is 4.39 Å². The first-order chi connectivity index (χ1) is 11.5. The molecule has 0 bridgehead atoms. The predicted octanol–water partition coefficient (Wildman–Crippen LogP) is 4.50. The Labute approximate surface area is 143 Å². The van der Waals surface area contributed by atoms with Crippen LogP contribution in [0.25, 0.3) is 5.82 Å². The zero-order valence-electron chi connectivity index (χ0n) is 13.7. The summed E-state index contributed by atoms with van der Waals surface area (Å²) in [6.45, 7) is 5.66. The van der Waals surface area contributed by atoms with Crippen molar-refractivity contribution < 1.29 is 13.7 Å². The third-order valence-corrected chi connectivity index (χ3v) is 4.77. The van der Waals surface area contributed by atoms with Crippen LogP contribution in [-0.2, 0) is 0 Å². The van der Waals surface area contributed by atoms with Crippen LogP contribution in [0.2, 0.25) is 0 Å². The summed E-state index contributed by atoms with van der Waals surface area (Å²) in [7, 11) is 0. The Morgan fingerprint density at radius 3 is 2.54 bits per heavy atom. The van der Waals surface area contributed by atoms with Gasteiger partial charge in [0.25, 0.3) is 0 Å². The largest absolute Gasteiger partial charge is 0.360 e. The fraction of sp³-hybridized carbons (Fsp3) is 0.222. The molecular weight excluding hydrogens is 327 g/mol. The van der Waals surface area contributed by atoms with Gasteiger partial charge in [-0.3, -0.25) is 9.36 Å². The molecule has 3 aromatic rings. The molecule has 124 valence electrons. The molecule has 2 aromatic heterocycles. The Morgan fingerprint density at radius 2 is 1.92 bits per heavy atom. The minimum absolute atomic E-state index is 0.0314. The van der Waals surface area contributed by atoms with Crippen LogP contribution in [0, 0.1) is 26.6 Å². The van der Waals surface area contributed by atoms with Gasteiger partial charge in [0, 0.05) is 27.9 Å². The van der Waals surface area contributed by atoms with E-state index < -0.39 is 0 Å². The minimum Gasteiger partial charge on any atom is -0.360 e. The van der Waals surface area contributed by atoms with Crippen LogP contribution >= 0.6 is 11.8 Å². The lowest BCUT2D eigenvalue weighted by Crippen LogP contribution is -2.05. The number of hydrogen-bond acceptors (Lipinski definition) is 4. The summed E-state index contributed by atoms with van der Waals surface area (Å²) in [5.74, 6) is 1.44. The van der Waals surface area contributed by atoms with Gasteiger partial charge in [-0.2, -0.15) is 0 Å². The summed E-state index contributed by atoms with van der Waals surface area (Å²) < 4.78 is 20.0. The molecule has 6 heteroatoms. The van der Waals surface area contributed by atoms with Crippen molar-refractivity contribution in [3.63, 3.8) is 0 Å². The Bertz CT molecular complexity index is 881. The normalized spacial score (nSPS) is 11.0. The summed E-state index contributed by atoms with van der Waals surface area (Å²) in [5, 5.41) is 4.02. The number of nitrogens with zero attached hydrogens (tertiary/aromatic N) is 2. The Hall–Kier alpha value is -2.34. The zero-order valence-corrected chi connectivity index (χ0v) is 14.5. The molecule has 0 aliphatic heterocycles. The molecule has 2 heterocycles. The maximum atomic E-state index is 12.9. The molecule has 0 aliphatic carbocycles. The van der Waals surface area contributed by atoms with Crippen LogP contribution in [0.1, 0.15) is 27.5 Å². The van der Waals surface area contributed by atoms with E-state index in [1.807, 2.05) is 37.5 Å². The molecule has 0 radical (unpaired) electrons. The van der Waals surface area contributed by atoms with E-state index in [0.29, 0.717) is 17.1 Å². The van der Waals surface area contributed by atoms with Crippen molar-refractivity contribution in [3.8, 4) is 5.82 Å². The first-order valence-electron chi connectivity index (χ1n) is 7.50. The van der Waals surface area contributed by atoms with Crippen LogP contribution in [0.3, 0.4) is 0 Å². The SMILES string of the molecule is Cc1cc(-n2c(C)cc(C(=O)CSc3ccc(F)cc3)c2C)no1. The number of carbonyl (C=O) groups excluding carboxylic acids is 1. The van der Waals surface area contributed by atoms with E-state index in [4.69, 9.17) is 4.52 Å². The molecule has 4 nitrogen and oxygen atoms in total. The second-order valence-corrected chi connectivity index (χ2v) is 6.63. The van der Waals surface area contributed by atoms with Crippen molar-refractivity contribution in [2.45, 2.75) is 25.7 Å². The highest BCUT2D eigenvalue weighted by molar-refractivity contribution is 8.00. The smallest absolute Gasteiger partial charge is 0.180 e. The number of rotatable bonds is 5. The van der Waals surface area contributed by atoms with Gasteiger partial charge in [0.2, 0.25) is 0 Å². The molecule has 0 atom stereocenters. The maximum Gasteiger partial charge on any atom is 0.180 e. The molecule has 0 fully saturated rings. The van der Waals surface area contributed by atoms with E-state index >= 15 is 0 Å². The van der Waals surface area contributed by atoms with E-state index in [0.717, 1.165) is 22.0 Å². The van der Waals surface area contributed by atoms with E-state index in [-0.39, 0.29) is 11.6 Å². The van der Waals surface area contributed by atoms with Crippen molar-refractivity contribution in [2.24, 2.45) is 0 Å². The lowest BCUT2D eigenvalue weighted by Gasteiger charge is -2.05. The number of hydrogen-bond donors (Lipinski definition) is 0. The Morgan fingerprint density at radius 1 is 1.21 bits per heavy atom. The van der Waals surface area contributed by atoms with Gasteiger partial charge in [-0.05, 0) is 51.1 Å². The van der Waals surface area contributed by atoms with Crippen LogP contribution in [-0.4, -0.2) is 21.3 Å². The minimum atomic E-state index is -0.280. The van der Waals surface area contributed by atoms with Gasteiger partial charge in [-0.1, -0.05) is 5.16 Å². The quantitative estimate of drug-likeness (QED) is 0.505. The molecule has 0 saturated heterocycles. The van der Waals surface area contributed by atoms with Crippen LogP contribution in [0.5, 0.6) is 0 Å². The lowest BCUT2D eigenvalue weighted by molar-refractivity contribution is 0.102. The predicted molar refractivity (Wildman–Crippen MR) is 91.5 cm³/mol. The first kappa shape index (κ1) is 16.5.